The van der Waals surface area contributed by atoms with Crippen LogP contribution < -0.4 is 0 Å². The third-order valence-corrected chi connectivity index (χ3v) is 2.14. The summed E-state index contributed by atoms with van der Waals surface area (Å²) in [6.45, 7) is 5.53. The SMILES string of the molecule is C=C(C)C(=O)OCCCOC(=O)C1=CC=CC1. The average Bonchev–Trinajstić information content (AvgIpc) is 2.81. The first kappa shape index (κ1) is 13.2. The molecule has 0 bridgehead atoms. The van der Waals surface area contributed by atoms with Crippen molar-refractivity contribution >= 4 is 11.9 Å². The van der Waals surface area contributed by atoms with Crippen LogP contribution in [0.5, 0.6) is 0 Å². The fraction of sp³-hybridized carbons (Fsp3) is 0.385. The predicted octanol–water partition coefficient (Wildman–Crippen LogP) is 1.93. The van der Waals surface area contributed by atoms with Crippen LogP contribution in [-0.4, -0.2) is 25.2 Å². The molecule has 0 amide bonds. The second-order valence-corrected chi connectivity index (χ2v) is 3.73. The fourth-order valence-corrected chi connectivity index (χ4v) is 1.20. The minimum absolute atomic E-state index is 0.232. The van der Waals surface area contributed by atoms with E-state index in [1.54, 1.807) is 13.0 Å². The van der Waals surface area contributed by atoms with Gasteiger partial charge in [-0.2, -0.15) is 0 Å². The van der Waals surface area contributed by atoms with Gasteiger partial charge in [-0.1, -0.05) is 24.8 Å². The molecule has 17 heavy (non-hydrogen) atoms. The van der Waals surface area contributed by atoms with Crippen molar-refractivity contribution in [3.63, 3.8) is 0 Å². The number of allylic oxidation sites excluding steroid dienone is 3. The van der Waals surface area contributed by atoms with Crippen molar-refractivity contribution in [1.82, 2.24) is 0 Å². The third kappa shape index (κ3) is 4.68. The highest BCUT2D eigenvalue weighted by molar-refractivity contribution is 5.89. The summed E-state index contributed by atoms with van der Waals surface area (Å²) >= 11 is 0. The van der Waals surface area contributed by atoms with Gasteiger partial charge in [-0.05, 0) is 13.3 Å². The molecule has 0 N–H and O–H groups in total. The molecule has 1 aliphatic rings. The van der Waals surface area contributed by atoms with Gasteiger partial charge in [-0.3, -0.25) is 0 Å². The molecule has 0 heterocycles. The van der Waals surface area contributed by atoms with Crippen LogP contribution in [0.2, 0.25) is 0 Å². The first-order valence-electron chi connectivity index (χ1n) is 5.46. The lowest BCUT2D eigenvalue weighted by Gasteiger charge is -2.06. The van der Waals surface area contributed by atoms with Gasteiger partial charge in [0.25, 0.3) is 0 Å². The number of hydrogen-bond donors (Lipinski definition) is 0. The minimum Gasteiger partial charge on any atom is -0.462 e. The Kier molecular flexibility index (Phi) is 5.20. The van der Waals surface area contributed by atoms with Gasteiger partial charge in [0.05, 0.1) is 13.2 Å². The molecule has 0 aliphatic heterocycles. The van der Waals surface area contributed by atoms with Crippen molar-refractivity contribution in [3.05, 3.63) is 36.0 Å². The van der Waals surface area contributed by atoms with E-state index >= 15 is 0 Å². The summed E-state index contributed by atoms with van der Waals surface area (Å²) in [5, 5.41) is 0. The topological polar surface area (TPSA) is 52.6 Å². The molecule has 0 aromatic rings. The Morgan fingerprint density at radius 2 is 2.06 bits per heavy atom. The molecule has 1 rings (SSSR count). The van der Waals surface area contributed by atoms with Crippen molar-refractivity contribution < 1.29 is 19.1 Å². The Morgan fingerprint density at radius 3 is 2.65 bits per heavy atom. The van der Waals surface area contributed by atoms with E-state index < -0.39 is 5.97 Å². The molecule has 0 radical (unpaired) electrons. The van der Waals surface area contributed by atoms with Gasteiger partial charge >= 0.3 is 11.9 Å². The molecule has 92 valence electrons. The zero-order valence-electron chi connectivity index (χ0n) is 9.90. The first-order valence-corrected chi connectivity index (χ1v) is 5.46. The largest absolute Gasteiger partial charge is 0.462 e. The molecule has 0 unspecified atom stereocenters. The molecular formula is C13H16O4. The Hall–Kier alpha value is -1.84. The second kappa shape index (κ2) is 6.68. The maximum absolute atomic E-state index is 11.4. The highest BCUT2D eigenvalue weighted by atomic mass is 16.5. The average molecular weight is 236 g/mol. The van der Waals surface area contributed by atoms with E-state index in [0.29, 0.717) is 24.0 Å². The van der Waals surface area contributed by atoms with Crippen molar-refractivity contribution in [3.8, 4) is 0 Å². The van der Waals surface area contributed by atoms with E-state index in [1.165, 1.54) is 0 Å². The van der Waals surface area contributed by atoms with Crippen molar-refractivity contribution in [2.45, 2.75) is 19.8 Å². The standard InChI is InChI=1S/C13H16O4/c1-10(2)12(14)16-8-5-9-17-13(15)11-6-3-4-7-11/h3-4,6H,1,5,7-9H2,2H3. The third-order valence-electron chi connectivity index (χ3n) is 2.14. The van der Waals surface area contributed by atoms with Gasteiger partial charge in [0.2, 0.25) is 0 Å². The van der Waals surface area contributed by atoms with Crippen LogP contribution in [0.15, 0.2) is 36.0 Å². The lowest BCUT2D eigenvalue weighted by atomic mass is 10.2. The number of hydrogen-bond acceptors (Lipinski definition) is 4. The Labute approximate surface area is 101 Å². The number of esters is 2. The molecule has 1 aliphatic carbocycles. The zero-order valence-corrected chi connectivity index (χ0v) is 9.90. The van der Waals surface area contributed by atoms with Crippen LogP contribution >= 0.6 is 0 Å². The number of carbonyl (C=O) groups excluding carboxylic acids is 2. The normalized spacial score (nSPS) is 13.1. The molecule has 0 saturated carbocycles. The van der Waals surface area contributed by atoms with E-state index in [-0.39, 0.29) is 19.2 Å². The van der Waals surface area contributed by atoms with Crippen LogP contribution in [0.25, 0.3) is 0 Å². The van der Waals surface area contributed by atoms with Crippen LogP contribution in [0.3, 0.4) is 0 Å². The Bertz CT molecular complexity index is 377. The van der Waals surface area contributed by atoms with Crippen LogP contribution in [0.4, 0.5) is 0 Å². The molecule has 0 spiro atoms. The van der Waals surface area contributed by atoms with Gasteiger partial charge in [-0.25, -0.2) is 9.59 Å². The first-order chi connectivity index (χ1) is 8.11. The molecule has 0 fully saturated rings. The van der Waals surface area contributed by atoms with E-state index in [2.05, 4.69) is 6.58 Å². The van der Waals surface area contributed by atoms with Crippen molar-refractivity contribution in [2.75, 3.05) is 13.2 Å². The molecule has 0 aromatic heterocycles. The van der Waals surface area contributed by atoms with Crippen LogP contribution in [0.1, 0.15) is 19.8 Å². The molecule has 0 atom stereocenters. The smallest absolute Gasteiger partial charge is 0.334 e. The molecule has 4 nitrogen and oxygen atoms in total. The summed E-state index contributed by atoms with van der Waals surface area (Å²) in [4.78, 5) is 22.4. The van der Waals surface area contributed by atoms with Crippen molar-refractivity contribution in [1.29, 1.82) is 0 Å². The van der Waals surface area contributed by atoms with Crippen LogP contribution in [-0.2, 0) is 19.1 Å². The lowest BCUT2D eigenvalue weighted by Crippen LogP contribution is -2.11. The fourth-order valence-electron chi connectivity index (χ4n) is 1.20. The van der Waals surface area contributed by atoms with E-state index in [4.69, 9.17) is 9.47 Å². The highest BCUT2D eigenvalue weighted by Gasteiger charge is 2.11. The number of carbonyl (C=O) groups is 2. The minimum atomic E-state index is -0.418. The number of ether oxygens (including phenoxy) is 2. The molecule has 0 aromatic carbocycles. The monoisotopic (exact) mass is 236 g/mol. The highest BCUT2D eigenvalue weighted by Crippen LogP contribution is 2.11. The zero-order chi connectivity index (χ0) is 12.7. The summed E-state index contributed by atoms with van der Waals surface area (Å²) < 4.78 is 9.86. The van der Waals surface area contributed by atoms with Gasteiger partial charge in [0.1, 0.15) is 0 Å². The van der Waals surface area contributed by atoms with Gasteiger partial charge in [0, 0.05) is 17.6 Å². The summed E-state index contributed by atoms with van der Waals surface area (Å²) in [5.41, 5.74) is 1.02. The van der Waals surface area contributed by atoms with Gasteiger partial charge in [0.15, 0.2) is 0 Å². The maximum atomic E-state index is 11.4. The Balaban J connectivity index is 2.06. The number of rotatable bonds is 6. The van der Waals surface area contributed by atoms with E-state index in [9.17, 15) is 9.59 Å². The summed E-state index contributed by atoms with van der Waals surface area (Å²) in [5.74, 6) is -0.722. The quantitative estimate of drug-likeness (QED) is 0.401. The second-order valence-electron chi connectivity index (χ2n) is 3.73. The molecule has 4 heteroatoms. The lowest BCUT2D eigenvalue weighted by molar-refractivity contribution is -0.141. The summed E-state index contributed by atoms with van der Waals surface area (Å²) in [6.07, 6.45) is 6.58. The maximum Gasteiger partial charge on any atom is 0.334 e. The van der Waals surface area contributed by atoms with Crippen LogP contribution in [0, 0.1) is 0 Å². The predicted molar refractivity (Wildman–Crippen MR) is 63.2 cm³/mol. The van der Waals surface area contributed by atoms with Gasteiger partial charge < -0.3 is 9.47 Å². The molecular weight excluding hydrogens is 220 g/mol. The summed E-state index contributed by atoms with van der Waals surface area (Å²) in [7, 11) is 0. The van der Waals surface area contributed by atoms with Gasteiger partial charge in [-0.15, -0.1) is 0 Å². The summed E-state index contributed by atoms with van der Waals surface area (Å²) in [6, 6.07) is 0. The van der Waals surface area contributed by atoms with E-state index in [1.807, 2.05) is 12.2 Å². The Morgan fingerprint density at radius 1 is 1.35 bits per heavy atom. The molecule has 0 saturated heterocycles. The van der Waals surface area contributed by atoms with Crippen molar-refractivity contribution in [2.24, 2.45) is 0 Å². The van der Waals surface area contributed by atoms with E-state index in [0.717, 1.165) is 0 Å².